The van der Waals surface area contributed by atoms with Gasteiger partial charge in [-0.2, -0.15) is 8.78 Å². The number of alkyl halides is 2. The van der Waals surface area contributed by atoms with E-state index in [2.05, 4.69) is 25.0 Å². The average molecular weight is 458 g/mol. The van der Waals surface area contributed by atoms with E-state index in [0.717, 1.165) is 5.56 Å². The minimum absolute atomic E-state index is 0.0667. The molecule has 1 aromatic carbocycles. The highest BCUT2D eigenvalue weighted by Gasteiger charge is 2.21. The summed E-state index contributed by atoms with van der Waals surface area (Å²) in [4.78, 5) is 25.0. The van der Waals surface area contributed by atoms with E-state index in [1.54, 1.807) is 43.6 Å². The molecule has 0 aliphatic carbocycles. The molecular weight excluding hydrogens is 434 g/mol. The SMILES string of the molecule is CC(O)CCC(=O)C(CO)c1ccc(Nc2ncc(-c3ccc(OC(F)F)cc3)cn2)cn1. The van der Waals surface area contributed by atoms with E-state index < -0.39 is 18.6 Å². The van der Waals surface area contributed by atoms with Gasteiger partial charge in [0, 0.05) is 24.4 Å². The lowest BCUT2D eigenvalue weighted by Gasteiger charge is -2.14. The molecular formula is C23H24F2N4O4. The second-order valence-electron chi connectivity index (χ2n) is 7.38. The first-order valence-electron chi connectivity index (χ1n) is 10.3. The largest absolute Gasteiger partial charge is 0.435 e. The number of aliphatic hydroxyl groups is 2. The lowest BCUT2D eigenvalue weighted by molar-refractivity contribution is -0.122. The number of pyridine rings is 1. The van der Waals surface area contributed by atoms with Gasteiger partial charge in [0.1, 0.15) is 11.5 Å². The first kappa shape index (κ1) is 24.1. The molecule has 0 spiro atoms. The highest BCUT2D eigenvalue weighted by molar-refractivity contribution is 5.85. The molecule has 0 saturated carbocycles. The van der Waals surface area contributed by atoms with Crippen molar-refractivity contribution in [3.05, 3.63) is 60.7 Å². The normalized spacial score (nSPS) is 12.9. The van der Waals surface area contributed by atoms with Crippen LogP contribution in [0.4, 0.5) is 20.4 Å². The van der Waals surface area contributed by atoms with Crippen LogP contribution in [0.5, 0.6) is 5.75 Å². The Bertz CT molecular complexity index is 1030. The van der Waals surface area contributed by atoms with Crippen molar-refractivity contribution in [1.82, 2.24) is 15.0 Å². The zero-order valence-corrected chi connectivity index (χ0v) is 17.9. The first-order valence-corrected chi connectivity index (χ1v) is 10.3. The van der Waals surface area contributed by atoms with Crippen LogP contribution < -0.4 is 10.1 Å². The number of ketones is 1. The standard InChI is InChI=1S/C23H24F2N4O4/c1-14(31)2-9-21(32)19(13-30)20-8-5-17(12-26-20)29-23-27-10-16(11-28-23)15-3-6-18(7-4-15)33-22(24)25/h3-8,10-12,14,19,22,30-31H,2,9,13H2,1H3,(H,27,28,29). The molecule has 10 heteroatoms. The van der Waals surface area contributed by atoms with Gasteiger partial charge in [-0.25, -0.2) is 9.97 Å². The smallest absolute Gasteiger partial charge is 0.387 e. The molecule has 0 aliphatic heterocycles. The van der Waals surface area contributed by atoms with E-state index in [4.69, 9.17) is 0 Å². The fraction of sp³-hybridized carbons (Fsp3) is 0.304. The Morgan fingerprint density at radius 1 is 1.03 bits per heavy atom. The van der Waals surface area contributed by atoms with Gasteiger partial charge in [0.05, 0.1) is 36.2 Å². The van der Waals surface area contributed by atoms with Crippen molar-refractivity contribution in [1.29, 1.82) is 0 Å². The Hall–Kier alpha value is -3.50. The molecule has 8 nitrogen and oxygen atoms in total. The van der Waals surface area contributed by atoms with E-state index in [1.165, 1.54) is 18.3 Å². The first-order chi connectivity index (χ1) is 15.9. The van der Waals surface area contributed by atoms with Crippen LogP contribution in [0.2, 0.25) is 0 Å². The maximum Gasteiger partial charge on any atom is 0.387 e. The fourth-order valence-corrected chi connectivity index (χ4v) is 3.07. The number of aromatic nitrogens is 3. The number of aliphatic hydroxyl groups excluding tert-OH is 2. The van der Waals surface area contributed by atoms with E-state index in [-0.39, 0.29) is 24.6 Å². The summed E-state index contributed by atoms with van der Waals surface area (Å²) in [6, 6.07) is 9.48. The number of carbonyl (C=O) groups is 1. The van der Waals surface area contributed by atoms with Gasteiger partial charge in [-0.1, -0.05) is 12.1 Å². The zero-order valence-electron chi connectivity index (χ0n) is 17.9. The van der Waals surface area contributed by atoms with Gasteiger partial charge in [-0.15, -0.1) is 0 Å². The molecule has 3 rings (SSSR count). The highest BCUT2D eigenvalue weighted by atomic mass is 19.3. The number of nitrogens with one attached hydrogen (secondary N) is 1. The van der Waals surface area contributed by atoms with Gasteiger partial charge in [0.15, 0.2) is 0 Å². The molecule has 0 saturated heterocycles. The number of anilines is 2. The number of benzene rings is 1. The monoisotopic (exact) mass is 458 g/mol. The summed E-state index contributed by atoms with van der Waals surface area (Å²) in [5.74, 6) is -0.542. The topological polar surface area (TPSA) is 117 Å². The minimum Gasteiger partial charge on any atom is -0.435 e. The molecule has 0 aliphatic rings. The van der Waals surface area contributed by atoms with Crippen LogP contribution in [0.15, 0.2) is 55.0 Å². The van der Waals surface area contributed by atoms with Crippen LogP contribution in [0.3, 0.4) is 0 Å². The van der Waals surface area contributed by atoms with Crippen molar-refractivity contribution in [3.8, 4) is 16.9 Å². The van der Waals surface area contributed by atoms with Crippen molar-refractivity contribution in [2.45, 2.75) is 38.4 Å². The number of Topliss-reactive ketones (excluding diaryl/α,β-unsaturated/α-hetero) is 1. The molecule has 0 fully saturated rings. The lowest BCUT2D eigenvalue weighted by atomic mass is 9.96. The summed E-state index contributed by atoms with van der Waals surface area (Å²) in [6.07, 6.45) is 4.59. The Morgan fingerprint density at radius 2 is 1.73 bits per heavy atom. The Labute approximate surface area is 189 Å². The van der Waals surface area contributed by atoms with Gasteiger partial charge in [0.2, 0.25) is 5.95 Å². The van der Waals surface area contributed by atoms with Crippen molar-refractivity contribution in [2.24, 2.45) is 0 Å². The number of carbonyl (C=O) groups excluding carboxylic acids is 1. The summed E-state index contributed by atoms with van der Waals surface area (Å²) in [5.41, 5.74) is 2.46. The molecule has 2 unspecified atom stereocenters. The van der Waals surface area contributed by atoms with E-state index >= 15 is 0 Å². The molecule has 2 atom stereocenters. The number of halogens is 2. The summed E-state index contributed by atoms with van der Waals surface area (Å²) < 4.78 is 28.8. The third-order valence-corrected chi connectivity index (χ3v) is 4.84. The summed E-state index contributed by atoms with van der Waals surface area (Å²) >= 11 is 0. The van der Waals surface area contributed by atoms with Gasteiger partial charge in [-0.3, -0.25) is 9.78 Å². The van der Waals surface area contributed by atoms with E-state index in [1.807, 2.05) is 0 Å². The Kier molecular flexibility index (Phi) is 8.34. The van der Waals surface area contributed by atoms with Crippen molar-refractivity contribution in [3.63, 3.8) is 0 Å². The molecule has 0 bridgehead atoms. The quantitative estimate of drug-likeness (QED) is 0.398. The van der Waals surface area contributed by atoms with Gasteiger partial charge >= 0.3 is 6.61 Å². The predicted molar refractivity (Wildman–Crippen MR) is 117 cm³/mol. The molecule has 2 heterocycles. The fourth-order valence-electron chi connectivity index (χ4n) is 3.07. The van der Waals surface area contributed by atoms with Crippen molar-refractivity contribution in [2.75, 3.05) is 11.9 Å². The average Bonchev–Trinajstić information content (AvgIpc) is 2.80. The molecule has 3 N–H and O–H groups in total. The second kappa shape index (κ2) is 11.4. The van der Waals surface area contributed by atoms with Crippen LogP contribution in [0.25, 0.3) is 11.1 Å². The predicted octanol–water partition coefficient (Wildman–Crippen LogP) is 3.69. The van der Waals surface area contributed by atoms with Crippen LogP contribution in [-0.2, 0) is 4.79 Å². The molecule has 0 radical (unpaired) electrons. The summed E-state index contributed by atoms with van der Waals surface area (Å²) in [5, 5.41) is 21.9. The highest BCUT2D eigenvalue weighted by Crippen LogP contribution is 2.24. The van der Waals surface area contributed by atoms with Crippen molar-refractivity contribution < 1.29 is 28.5 Å². The van der Waals surface area contributed by atoms with Gasteiger partial charge in [-0.05, 0) is 43.2 Å². The molecule has 3 aromatic rings. The third-order valence-electron chi connectivity index (χ3n) is 4.84. The Balaban J connectivity index is 1.62. The second-order valence-corrected chi connectivity index (χ2v) is 7.38. The molecule has 174 valence electrons. The van der Waals surface area contributed by atoms with Crippen LogP contribution in [-0.4, -0.2) is 50.3 Å². The lowest BCUT2D eigenvalue weighted by Crippen LogP contribution is -2.19. The van der Waals surface area contributed by atoms with Crippen LogP contribution in [0, 0.1) is 0 Å². The number of hydrogen-bond donors (Lipinski definition) is 3. The molecule has 0 amide bonds. The van der Waals surface area contributed by atoms with E-state index in [0.29, 0.717) is 29.3 Å². The number of rotatable bonds is 11. The third kappa shape index (κ3) is 6.99. The number of ether oxygens (including phenoxy) is 1. The molecule has 33 heavy (non-hydrogen) atoms. The number of nitrogens with zero attached hydrogens (tertiary/aromatic N) is 3. The Morgan fingerprint density at radius 3 is 2.27 bits per heavy atom. The van der Waals surface area contributed by atoms with Gasteiger partial charge in [0.25, 0.3) is 0 Å². The van der Waals surface area contributed by atoms with Gasteiger partial charge < -0.3 is 20.3 Å². The summed E-state index contributed by atoms with van der Waals surface area (Å²) in [6.45, 7) is -1.63. The number of hydrogen-bond acceptors (Lipinski definition) is 8. The van der Waals surface area contributed by atoms with Crippen molar-refractivity contribution >= 4 is 17.4 Å². The zero-order chi connectivity index (χ0) is 23.8. The molecule has 2 aromatic heterocycles. The van der Waals surface area contributed by atoms with E-state index in [9.17, 15) is 23.8 Å². The van der Waals surface area contributed by atoms with Crippen LogP contribution in [0.1, 0.15) is 31.4 Å². The van der Waals surface area contributed by atoms with Crippen LogP contribution >= 0.6 is 0 Å². The maximum absolute atomic E-state index is 12.3. The maximum atomic E-state index is 12.3. The minimum atomic E-state index is -2.88. The summed E-state index contributed by atoms with van der Waals surface area (Å²) in [7, 11) is 0.